The molecule has 0 aliphatic heterocycles. The first-order valence-corrected chi connectivity index (χ1v) is 9.53. The van der Waals surface area contributed by atoms with Gasteiger partial charge < -0.3 is 4.74 Å². The van der Waals surface area contributed by atoms with Crippen molar-refractivity contribution in [2.24, 2.45) is 0 Å². The minimum atomic E-state index is -0.423. The fourth-order valence-corrected chi connectivity index (χ4v) is 2.79. The van der Waals surface area contributed by atoms with E-state index in [1.54, 1.807) is 42.5 Å². The molecular formula is C26H24O3. The van der Waals surface area contributed by atoms with E-state index in [9.17, 15) is 9.59 Å². The summed E-state index contributed by atoms with van der Waals surface area (Å²) in [5.41, 5.74) is 3.17. The van der Waals surface area contributed by atoms with Crippen molar-refractivity contribution < 1.29 is 14.3 Å². The molecule has 3 rings (SSSR count). The lowest BCUT2D eigenvalue weighted by molar-refractivity contribution is 0.0734. The average molecular weight is 384 g/mol. The van der Waals surface area contributed by atoms with Crippen LogP contribution in [0.2, 0.25) is 0 Å². The van der Waals surface area contributed by atoms with Gasteiger partial charge in [-0.15, -0.1) is 0 Å². The second-order valence-electron chi connectivity index (χ2n) is 7.85. The number of allylic oxidation sites excluding steroid dienone is 1. The number of esters is 1. The zero-order valence-electron chi connectivity index (χ0n) is 16.9. The smallest absolute Gasteiger partial charge is 0.343 e. The Balaban J connectivity index is 1.63. The van der Waals surface area contributed by atoms with Gasteiger partial charge in [-0.1, -0.05) is 69.3 Å². The fraction of sp³-hybridized carbons (Fsp3) is 0.154. The van der Waals surface area contributed by atoms with Crippen LogP contribution in [0.5, 0.6) is 5.75 Å². The Bertz CT molecular complexity index is 1010. The van der Waals surface area contributed by atoms with Crippen molar-refractivity contribution in [1.82, 2.24) is 0 Å². The Morgan fingerprint density at radius 3 is 1.93 bits per heavy atom. The van der Waals surface area contributed by atoms with Crippen molar-refractivity contribution in [2.75, 3.05) is 0 Å². The number of ketones is 1. The second kappa shape index (κ2) is 8.70. The van der Waals surface area contributed by atoms with E-state index >= 15 is 0 Å². The molecule has 3 aromatic rings. The molecule has 3 aromatic carbocycles. The molecule has 0 bridgehead atoms. The summed E-state index contributed by atoms with van der Waals surface area (Å²) < 4.78 is 5.42. The molecule has 0 heterocycles. The third-order valence-electron chi connectivity index (χ3n) is 4.56. The molecule has 0 fully saturated rings. The molecule has 0 spiro atoms. The maximum absolute atomic E-state index is 12.4. The Morgan fingerprint density at radius 2 is 1.34 bits per heavy atom. The Hall–Kier alpha value is -3.46. The monoisotopic (exact) mass is 384 g/mol. The third kappa shape index (κ3) is 5.52. The van der Waals surface area contributed by atoms with Crippen molar-refractivity contribution in [3.05, 3.63) is 107 Å². The fourth-order valence-electron chi connectivity index (χ4n) is 2.79. The minimum absolute atomic E-state index is 0.0275. The van der Waals surface area contributed by atoms with Gasteiger partial charge in [0.05, 0.1) is 5.56 Å². The molecule has 146 valence electrons. The molecule has 3 nitrogen and oxygen atoms in total. The standard InChI is InChI=1S/C26H24O3/c1-26(2,3)22-14-10-21(11-15-22)25(28)29-23-16-12-20(13-17-23)24(27)18-9-19-7-5-4-6-8-19/h4-18H,1-3H3/b18-9+. The first-order valence-electron chi connectivity index (χ1n) is 9.53. The van der Waals surface area contributed by atoms with Crippen LogP contribution in [0.1, 0.15) is 52.6 Å². The van der Waals surface area contributed by atoms with E-state index in [1.807, 2.05) is 42.5 Å². The van der Waals surface area contributed by atoms with Gasteiger partial charge in [-0.2, -0.15) is 0 Å². The highest BCUT2D eigenvalue weighted by Crippen LogP contribution is 2.23. The molecule has 29 heavy (non-hydrogen) atoms. The average Bonchev–Trinajstić information content (AvgIpc) is 2.73. The van der Waals surface area contributed by atoms with Crippen molar-refractivity contribution >= 4 is 17.8 Å². The van der Waals surface area contributed by atoms with Crippen molar-refractivity contribution in [3.8, 4) is 5.75 Å². The number of carbonyl (C=O) groups is 2. The van der Waals surface area contributed by atoms with Gasteiger partial charge in [0.25, 0.3) is 0 Å². The van der Waals surface area contributed by atoms with Gasteiger partial charge in [0.2, 0.25) is 0 Å². The molecule has 0 N–H and O–H groups in total. The number of carbonyl (C=O) groups excluding carboxylic acids is 2. The maximum Gasteiger partial charge on any atom is 0.343 e. The quantitative estimate of drug-likeness (QED) is 0.231. The van der Waals surface area contributed by atoms with Crippen LogP contribution in [-0.2, 0) is 5.41 Å². The van der Waals surface area contributed by atoms with E-state index in [0.29, 0.717) is 16.9 Å². The topological polar surface area (TPSA) is 43.4 Å². The van der Waals surface area contributed by atoms with Crippen LogP contribution in [0, 0.1) is 0 Å². The summed E-state index contributed by atoms with van der Waals surface area (Å²) in [6, 6.07) is 23.6. The van der Waals surface area contributed by atoms with Gasteiger partial charge in [-0.3, -0.25) is 4.79 Å². The summed E-state index contributed by atoms with van der Waals surface area (Å²) >= 11 is 0. The number of hydrogen-bond acceptors (Lipinski definition) is 3. The molecule has 0 amide bonds. The molecule has 0 aromatic heterocycles. The highest BCUT2D eigenvalue weighted by Gasteiger charge is 2.15. The molecule has 0 unspecified atom stereocenters. The van der Waals surface area contributed by atoms with E-state index in [2.05, 4.69) is 20.8 Å². The minimum Gasteiger partial charge on any atom is -0.423 e. The summed E-state index contributed by atoms with van der Waals surface area (Å²) in [7, 11) is 0. The molecule has 3 heteroatoms. The lowest BCUT2D eigenvalue weighted by Gasteiger charge is -2.18. The summed E-state index contributed by atoms with van der Waals surface area (Å²) in [6.45, 7) is 6.37. The Labute approximate surface area is 171 Å². The molecular weight excluding hydrogens is 360 g/mol. The second-order valence-corrected chi connectivity index (χ2v) is 7.85. The Kier molecular flexibility index (Phi) is 6.08. The van der Waals surface area contributed by atoms with Crippen LogP contribution >= 0.6 is 0 Å². The number of rotatable bonds is 5. The predicted octanol–water partition coefficient (Wildman–Crippen LogP) is 6.10. The van der Waals surface area contributed by atoms with E-state index in [4.69, 9.17) is 4.74 Å². The van der Waals surface area contributed by atoms with Crippen LogP contribution in [0.4, 0.5) is 0 Å². The lowest BCUT2D eigenvalue weighted by Crippen LogP contribution is -2.13. The third-order valence-corrected chi connectivity index (χ3v) is 4.56. The van der Waals surface area contributed by atoms with E-state index in [1.165, 1.54) is 6.08 Å². The zero-order chi connectivity index (χ0) is 20.9. The van der Waals surface area contributed by atoms with Crippen LogP contribution in [-0.4, -0.2) is 11.8 Å². The summed E-state index contributed by atoms with van der Waals surface area (Å²) in [6.07, 6.45) is 3.31. The van der Waals surface area contributed by atoms with Crippen molar-refractivity contribution in [2.45, 2.75) is 26.2 Å². The normalized spacial score (nSPS) is 11.4. The van der Waals surface area contributed by atoms with Gasteiger partial charge >= 0.3 is 5.97 Å². The highest BCUT2D eigenvalue weighted by atomic mass is 16.5. The molecule has 0 radical (unpaired) electrons. The first-order chi connectivity index (χ1) is 13.8. The number of benzene rings is 3. The van der Waals surface area contributed by atoms with Crippen LogP contribution in [0.25, 0.3) is 6.08 Å². The lowest BCUT2D eigenvalue weighted by atomic mass is 9.87. The van der Waals surface area contributed by atoms with Gasteiger partial charge in [0.1, 0.15) is 5.75 Å². The molecule has 0 aliphatic rings. The molecule has 0 aliphatic carbocycles. The first kappa shape index (κ1) is 20.3. The van der Waals surface area contributed by atoms with Crippen molar-refractivity contribution in [3.63, 3.8) is 0 Å². The van der Waals surface area contributed by atoms with E-state index in [0.717, 1.165) is 11.1 Å². The molecule has 0 saturated heterocycles. The van der Waals surface area contributed by atoms with Crippen LogP contribution < -0.4 is 4.74 Å². The van der Waals surface area contributed by atoms with Gasteiger partial charge in [-0.25, -0.2) is 4.79 Å². The Morgan fingerprint density at radius 1 is 0.759 bits per heavy atom. The summed E-state index contributed by atoms with van der Waals surface area (Å²) in [5, 5.41) is 0. The molecule has 0 atom stereocenters. The number of ether oxygens (including phenoxy) is 1. The zero-order valence-corrected chi connectivity index (χ0v) is 16.9. The predicted molar refractivity (Wildman–Crippen MR) is 116 cm³/mol. The summed E-state index contributed by atoms with van der Waals surface area (Å²) in [4.78, 5) is 24.6. The van der Waals surface area contributed by atoms with E-state index in [-0.39, 0.29) is 11.2 Å². The highest BCUT2D eigenvalue weighted by molar-refractivity contribution is 6.06. The SMILES string of the molecule is CC(C)(C)c1ccc(C(=O)Oc2ccc(C(=O)/C=C/c3ccccc3)cc2)cc1. The van der Waals surface area contributed by atoms with E-state index < -0.39 is 5.97 Å². The van der Waals surface area contributed by atoms with Crippen molar-refractivity contribution in [1.29, 1.82) is 0 Å². The van der Waals surface area contributed by atoms with Crippen LogP contribution in [0.15, 0.2) is 84.9 Å². The van der Waals surface area contributed by atoms with Crippen LogP contribution in [0.3, 0.4) is 0 Å². The maximum atomic E-state index is 12.4. The van der Waals surface area contributed by atoms with Gasteiger partial charge in [0, 0.05) is 5.56 Å². The molecule has 0 saturated carbocycles. The largest absolute Gasteiger partial charge is 0.423 e. The summed E-state index contributed by atoms with van der Waals surface area (Å²) in [5.74, 6) is -0.128. The van der Waals surface area contributed by atoms with Gasteiger partial charge in [-0.05, 0) is 59.0 Å². The number of hydrogen-bond donors (Lipinski definition) is 0. The van der Waals surface area contributed by atoms with Gasteiger partial charge in [0.15, 0.2) is 5.78 Å².